The van der Waals surface area contributed by atoms with Crippen LogP contribution in [0.2, 0.25) is 5.02 Å². The number of nitrogens with zero attached hydrogens (tertiary/aromatic N) is 1. The summed E-state index contributed by atoms with van der Waals surface area (Å²) >= 11 is 7.69. The number of nitriles is 1. The molecule has 2 aromatic carbocycles. The van der Waals surface area contributed by atoms with Gasteiger partial charge in [-0.2, -0.15) is 5.26 Å². The van der Waals surface area contributed by atoms with Gasteiger partial charge in [0.15, 0.2) is 0 Å². The van der Waals surface area contributed by atoms with Crippen molar-refractivity contribution in [3.63, 3.8) is 0 Å². The summed E-state index contributed by atoms with van der Waals surface area (Å²) < 4.78 is 6.50. The third-order valence-electron chi connectivity index (χ3n) is 3.38. The highest BCUT2D eigenvalue weighted by molar-refractivity contribution is 7.17. The molecule has 0 fully saturated rings. The Bertz CT molecular complexity index is 905. The number of benzene rings is 2. The molecule has 0 aliphatic carbocycles. The van der Waals surface area contributed by atoms with Crippen LogP contribution in [0.1, 0.15) is 11.1 Å². The molecule has 3 rings (SSSR count). The van der Waals surface area contributed by atoms with Gasteiger partial charge in [-0.3, -0.25) is 0 Å². The van der Waals surface area contributed by atoms with E-state index in [-0.39, 0.29) is 0 Å². The molecule has 4 heteroatoms. The Morgan fingerprint density at radius 1 is 1.27 bits per heavy atom. The first-order chi connectivity index (χ1) is 10.7. The summed E-state index contributed by atoms with van der Waals surface area (Å²) in [6.45, 7) is 0. The number of thiophene rings is 1. The molecular weight excluding hydrogens is 314 g/mol. The molecule has 0 spiro atoms. The van der Waals surface area contributed by atoms with Crippen molar-refractivity contribution in [2.24, 2.45) is 0 Å². The van der Waals surface area contributed by atoms with Crippen LogP contribution >= 0.6 is 22.9 Å². The Hall–Kier alpha value is -2.28. The highest BCUT2D eigenvalue weighted by Crippen LogP contribution is 2.33. The van der Waals surface area contributed by atoms with E-state index in [1.165, 1.54) is 0 Å². The number of rotatable bonds is 3. The van der Waals surface area contributed by atoms with Crippen molar-refractivity contribution in [3.8, 4) is 11.8 Å². The predicted molar refractivity (Wildman–Crippen MR) is 93.3 cm³/mol. The van der Waals surface area contributed by atoms with Crippen molar-refractivity contribution in [1.29, 1.82) is 5.26 Å². The number of hydrogen-bond donors (Lipinski definition) is 0. The molecule has 2 nitrogen and oxygen atoms in total. The highest BCUT2D eigenvalue weighted by atomic mass is 35.5. The zero-order valence-electron chi connectivity index (χ0n) is 11.8. The van der Waals surface area contributed by atoms with Gasteiger partial charge in [0.25, 0.3) is 0 Å². The van der Waals surface area contributed by atoms with E-state index in [2.05, 4.69) is 12.1 Å². The van der Waals surface area contributed by atoms with Crippen LogP contribution in [0.5, 0.6) is 5.75 Å². The number of halogens is 1. The van der Waals surface area contributed by atoms with Crippen LogP contribution < -0.4 is 4.74 Å². The second-order valence-corrected chi connectivity index (χ2v) is 6.05. The van der Waals surface area contributed by atoms with Crippen LogP contribution in [0.3, 0.4) is 0 Å². The second-order valence-electron chi connectivity index (χ2n) is 4.70. The maximum atomic E-state index is 9.56. The molecule has 0 aliphatic rings. The summed E-state index contributed by atoms with van der Waals surface area (Å²) in [5, 5.41) is 13.3. The molecule has 0 amide bonds. The lowest BCUT2D eigenvalue weighted by Gasteiger charge is -2.06. The van der Waals surface area contributed by atoms with Gasteiger partial charge in [-0.1, -0.05) is 29.8 Å². The first-order valence-electron chi connectivity index (χ1n) is 6.65. The van der Waals surface area contributed by atoms with Crippen molar-refractivity contribution in [2.45, 2.75) is 0 Å². The van der Waals surface area contributed by atoms with Crippen LogP contribution in [0.15, 0.2) is 47.8 Å². The lowest BCUT2D eigenvalue weighted by Crippen LogP contribution is -1.88. The van der Waals surface area contributed by atoms with Gasteiger partial charge < -0.3 is 4.74 Å². The van der Waals surface area contributed by atoms with Crippen molar-refractivity contribution in [1.82, 2.24) is 0 Å². The predicted octanol–water partition coefficient (Wildman–Crippen LogP) is 5.63. The minimum Gasteiger partial charge on any atom is -0.496 e. The topological polar surface area (TPSA) is 33.0 Å². The third kappa shape index (κ3) is 2.71. The van der Waals surface area contributed by atoms with E-state index in [9.17, 15) is 5.26 Å². The molecule has 3 aromatic rings. The summed E-state index contributed by atoms with van der Waals surface area (Å²) in [7, 11) is 1.60. The van der Waals surface area contributed by atoms with E-state index >= 15 is 0 Å². The minimum absolute atomic E-state index is 0.595. The monoisotopic (exact) mass is 325 g/mol. The van der Waals surface area contributed by atoms with E-state index in [1.807, 2.05) is 29.7 Å². The van der Waals surface area contributed by atoms with Gasteiger partial charge in [0.2, 0.25) is 0 Å². The van der Waals surface area contributed by atoms with Gasteiger partial charge in [-0.15, -0.1) is 11.3 Å². The Balaban J connectivity index is 2.16. The molecule has 0 N–H and O–H groups in total. The highest BCUT2D eigenvalue weighted by Gasteiger charge is 2.10. The van der Waals surface area contributed by atoms with Crippen LogP contribution in [0, 0.1) is 11.3 Å². The Morgan fingerprint density at radius 3 is 2.86 bits per heavy atom. The van der Waals surface area contributed by atoms with Gasteiger partial charge in [0.05, 0.1) is 18.8 Å². The molecule has 1 heterocycles. The Morgan fingerprint density at radius 2 is 2.09 bits per heavy atom. The van der Waals surface area contributed by atoms with E-state index in [4.69, 9.17) is 16.3 Å². The maximum absolute atomic E-state index is 9.56. The molecule has 1 aromatic heterocycles. The molecular formula is C18H12ClNOS. The quantitative estimate of drug-likeness (QED) is 0.585. The summed E-state index contributed by atoms with van der Waals surface area (Å²) in [4.78, 5) is 0. The number of fused-ring (bicyclic) bond motifs is 1. The molecule has 0 unspecified atom stereocenters. The number of methoxy groups -OCH3 is 1. The average molecular weight is 326 g/mol. The van der Waals surface area contributed by atoms with Crippen LogP contribution in [0.4, 0.5) is 0 Å². The van der Waals surface area contributed by atoms with Gasteiger partial charge in [-0.05, 0) is 30.3 Å². The normalized spacial score (nSPS) is 11.4. The summed E-state index contributed by atoms with van der Waals surface area (Å²) in [6, 6.07) is 15.7. The SMILES string of the molecule is COc1ccc(Cl)cc1/C=C(\C#N)c1csc2ccccc12. The molecule has 0 aliphatic heterocycles. The molecule has 108 valence electrons. The molecule has 0 radical (unpaired) electrons. The van der Waals surface area contributed by atoms with Gasteiger partial charge >= 0.3 is 0 Å². The number of hydrogen-bond acceptors (Lipinski definition) is 3. The standard InChI is InChI=1S/C18H12ClNOS/c1-21-17-7-6-14(19)9-12(17)8-13(10-20)16-11-22-18-5-3-2-4-15(16)18/h2-9,11H,1H3/b13-8+. The zero-order valence-corrected chi connectivity index (χ0v) is 13.4. The first-order valence-corrected chi connectivity index (χ1v) is 7.90. The van der Waals surface area contributed by atoms with Gasteiger partial charge in [0.1, 0.15) is 5.75 Å². The van der Waals surface area contributed by atoms with E-state index < -0.39 is 0 Å². The van der Waals surface area contributed by atoms with Gasteiger partial charge in [-0.25, -0.2) is 0 Å². The van der Waals surface area contributed by atoms with Crippen molar-refractivity contribution in [3.05, 3.63) is 64.0 Å². The van der Waals surface area contributed by atoms with Gasteiger partial charge in [0, 0.05) is 31.6 Å². The lowest BCUT2D eigenvalue weighted by atomic mass is 10.0. The summed E-state index contributed by atoms with van der Waals surface area (Å²) in [5.41, 5.74) is 2.32. The van der Waals surface area contributed by atoms with E-state index in [1.54, 1.807) is 36.6 Å². The third-order valence-corrected chi connectivity index (χ3v) is 4.58. The average Bonchev–Trinajstić information content (AvgIpc) is 2.97. The van der Waals surface area contributed by atoms with E-state index in [0.29, 0.717) is 16.3 Å². The fraction of sp³-hybridized carbons (Fsp3) is 0.0556. The number of ether oxygens (including phenoxy) is 1. The first kappa shape index (κ1) is 14.6. The second kappa shape index (κ2) is 6.23. The zero-order chi connectivity index (χ0) is 15.5. The smallest absolute Gasteiger partial charge is 0.126 e. The fourth-order valence-electron chi connectivity index (χ4n) is 2.33. The largest absolute Gasteiger partial charge is 0.496 e. The van der Waals surface area contributed by atoms with Crippen molar-refractivity contribution < 1.29 is 4.74 Å². The van der Waals surface area contributed by atoms with Crippen LogP contribution in [-0.4, -0.2) is 7.11 Å². The van der Waals surface area contributed by atoms with Crippen molar-refractivity contribution >= 4 is 44.7 Å². The molecule has 0 saturated carbocycles. The lowest BCUT2D eigenvalue weighted by molar-refractivity contribution is 0.414. The van der Waals surface area contributed by atoms with Crippen LogP contribution in [0.25, 0.3) is 21.7 Å². The molecule has 0 atom stereocenters. The Labute approximate surface area is 137 Å². The number of allylic oxidation sites excluding steroid dienone is 1. The fourth-order valence-corrected chi connectivity index (χ4v) is 3.47. The molecule has 22 heavy (non-hydrogen) atoms. The van der Waals surface area contributed by atoms with Crippen LogP contribution in [-0.2, 0) is 0 Å². The van der Waals surface area contributed by atoms with E-state index in [0.717, 1.165) is 21.2 Å². The molecule has 0 bridgehead atoms. The molecule has 0 saturated heterocycles. The summed E-state index contributed by atoms with van der Waals surface area (Å²) in [6.07, 6.45) is 1.82. The summed E-state index contributed by atoms with van der Waals surface area (Å²) in [5.74, 6) is 0.691. The van der Waals surface area contributed by atoms with Crippen molar-refractivity contribution in [2.75, 3.05) is 7.11 Å². The maximum Gasteiger partial charge on any atom is 0.126 e. The Kier molecular flexibility index (Phi) is 4.15. The minimum atomic E-state index is 0.595.